The number of halogens is 1. The molecule has 6 heteroatoms. The van der Waals surface area contributed by atoms with Crippen molar-refractivity contribution < 1.29 is 9.53 Å². The van der Waals surface area contributed by atoms with E-state index in [1.807, 2.05) is 62.1 Å². The van der Waals surface area contributed by atoms with Gasteiger partial charge in [-0.25, -0.2) is 0 Å². The Labute approximate surface area is 183 Å². The van der Waals surface area contributed by atoms with Gasteiger partial charge in [0.05, 0.1) is 24.2 Å². The van der Waals surface area contributed by atoms with E-state index in [4.69, 9.17) is 22.1 Å². The van der Waals surface area contributed by atoms with Crippen LogP contribution in [0.2, 0.25) is 5.02 Å². The van der Waals surface area contributed by atoms with Gasteiger partial charge < -0.3 is 20.3 Å². The molecule has 0 aliphatic carbocycles. The van der Waals surface area contributed by atoms with Crippen LogP contribution in [0, 0.1) is 5.41 Å². The van der Waals surface area contributed by atoms with Crippen molar-refractivity contribution >= 4 is 34.6 Å². The minimum Gasteiger partial charge on any atom is -0.495 e. The highest BCUT2D eigenvalue weighted by atomic mass is 35.5. The lowest BCUT2D eigenvalue weighted by Gasteiger charge is -2.42. The molecule has 2 aliphatic heterocycles. The number of carbonyl (C=O) groups is 1. The maximum Gasteiger partial charge on any atom is 0.227 e. The first-order chi connectivity index (χ1) is 14.2. The summed E-state index contributed by atoms with van der Waals surface area (Å²) in [5, 5.41) is 0.749. The van der Waals surface area contributed by atoms with Gasteiger partial charge in [0.2, 0.25) is 5.91 Å². The summed E-state index contributed by atoms with van der Waals surface area (Å²) in [7, 11) is 1.69. The molecule has 1 spiro atoms. The monoisotopic (exact) mass is 427 g/mol. The second-order valence-corrected chi connectivity index (χ2v) is 9.85. The lowest BCUT2D eigenvalue weighted by Crippen LogP contribution is -2.49. The molecular weight excluding hydrogens is 398 g/mol. The van der Waals surface area contributed by atoms with Gasteiger partial charge in [-0.1, -0.05) is 44.5 Å². The average Bonchev–Trinajstić information content (AvgIpc) is 3.04. The van der Waals surface area contributed by atoms with E-state index in [2.05, 4.69) is 4.90 Å². The van der Waals surface area contributed by atoms with Gasteiger partial charge >= 0.3 is 0 Å². The fourth-order valence-corrected chi connectivity index (χ4v) is 5.26. The van der Waals surface area contributed by atoms with Crippen LogP contribution in [-0.2, 0) is 10.2 Å². The number of methoxy groups -OCH3 is 1. The first-order valence-corrected chi connectivity index (χ1v) is 10.8. The number of carbonyl (C=O) groups excluding carboxylic acids is 1. The predicted octanol–water partition coefficient (Wildman–Crippen LogP) is 4.99. The number of ether oxygens (including phenoxy) is 1. The topological polar surface area (TPSA) is 58.8 Å². The number of rotatable bonds is 2. The molecule has 2 aromatic rings. The van der Waals surface area contributed by atoms with Crippen molar-refractivity contribution in [3.8, 4) is 5.75 Å². The molecule has 0 saturated carbocycles. The van der Waals surface area contributed by atoms with Gasteiger partial charge in [0, 0.05) is 41.1 Å². The number of piperidine rings is 1. The third kappa shape index (κ3) is 3.29. The Balaban J connectivity index is 1.76. The van der Waals surface area contributed by atoms with Crippen molar-refractivity contribution in [2.75, 3.05) is 37.4 Å². The van der Waals surface area contributed by atoms with E-state index in [1.165, 1.54) is 0 Å². The Bertz CT molecular complexity index is 975. The van der Waals surface area contributed by atoms with E-state index in [9.17, 15) is 4.79 Å². The molecule has 0 bridgehead atoms. The van der Waals surface area contributed by atoms with Gasteiger partial charge in [0.1, 0.15) is 5.75 Å². The smallest absolute Gasteiger partial charge is 0.227 e. The quantitative estimate of drug-likeness (QED) is 0.686. The van der Waals surface area contributed by atoms with Gasteiger partial charge in [-0.05, 0) is 37.1 Å². The summed E-state index contributed by atoms with van der Waals surface area (Å²) in [6.45, 7) is 8.15. The molecule has 1 amide bonds. The molecule has 2 aliphatic rings. The minimum atomic E-state index is -0.372. The Morgan fingerprint density at radius 2 is 1.80 bits per heavy atom. The van der Waals surface area contributed by atoms with E-state index >= 15 is 0 Å². The molecule has 2 aromatic carbocycles. The largest absolute Gasteiger partial charge is 0.495 e. The molecule has 5 nitrogen and oxygen atoms in total. The zero-order valence-corrected chi connectivity index (χ0v) is 18.9. The van der Waals surface area contributed by atoms with E-state index < -0.39 is 0 Å². The highest BCUT2D eigenvalue weighted by Gasteiger charge is 2.49. The summed E-state index contributed by atoms with van der Waals surface area (Å²) in [6, 6.07) is 11.7. The standard InChI is InChI=1S/C24H30ClN3O2/c1-23(2,3)22(29)27-13-11-24(12-14-27)15-28(18-8-6-5-7-17(18)26)21-19(30-4)10-9-16(25)20(21)24/h5-10H,11-15,26H2,1-4H3. The van der Waals surface area contributed by atoms with Crippen LogP contribution in [0.25, 0.3) is 0 Å². The number of amides is 1. The fraction of sp³-hybridized carbons (Fsp3) is 0.458. The molecule has 30 heavy (non-hydrogen) atoms. The van der Waals surface area contributed by atoms with Crippen molar-refractivity contribution in [2.24, 2.45) is 5.41 Å². The highest BCUT2D eigenvalue weighted by Crippen LogP contribution is 2.56. The lowest BCUT2D eigenvalue weighted by molar-refractivity contribution is -0.141. The number of nitrogens with two attached hydrogens (primary N) is 1. The molecule has 0 radical (unpaired) electrons. The zero-order chi connectivity index (χ0) is 21.7. The number of hydrogen-bond acceptors (Lipinski definition) is 4. The van der Waals surface area contributed by atoms with Crippen molar-refractivity contribution in [3.63, 3.8) is 0 Å². The number of anilines is 3. The minimum absolute atomic E-state index is 0.141. The Morgan fingerprint density at radius 1 is 1.13 bits per heavy atom. The lowest BCUT2D eigenvalue weighted by atomic mass is 9.73. The van der Waals surface area contributed by atoms with Crippen molar-refractivity contribution in [3.05, 3.63) is 47.0 Å². The van der Waals surface area contributed by atoms with E-state index in [1.54, 1.807) is 7.11 Å². The second-order valence-electron chi connectivity index (χ2n) is 9.44. The summed E-state index contributed by atoms with van der Waals surface area (Å²) in [5.41, 5.74) is 9.64. The predicted molar refractivity (Wildman–Crippen MR) is 123 cm³/mol. The van der Waals surface area contributed by atoms with E-state index in [0.29, 0.717) is 0 Å². The van der Waals surface area contributed by atoms with Crippen LogP contribution < -0.4 is 15.4 Å². The maximum atomic E-state index is 12.8. The third-order valence-corrected chi connectivity index (χ3v) is 6.76. The zero-order valence-electron chi connectivity index (χ0n) is 18.2. The number of likely N-dealkylation sites (tertiary alicyclic amines) is 1. The molecule has 2 N–H and O–H groups in total. The second kappa shape index (κ2) is 7.38. The molecule has 1 saturated heterocycles. The number of benzene rings is 2. The first kappa shape index (κ1) is 20.9. The molecule has 0 unspecified atom stereocenters. The summed E-state index contributed by atoms with van der Waals surface area (Å²) in [5.74, 6) is 0.999. The van der Waals surface area contributed by atoms with Gasteiger partial charge in [-0.3, -0.25) is 4.79 Å². The fourth-order valence-electron chi connectivity index (χ4n) is 4.90. The van der Waals surface area contributed by atoms with Gasteiger partial charge in [0.25, 0.3) is 0 Å². The molecule has 4 rings (SSSR count). The van der Waals surface area contributed by atoms with Crippen molar-refractivity contribution in [1.29, 1.82) is 0 Å². The van der Waals surface area contributed by atoms with E-state index in [0.717, 1.165) is 65.9 Å². The Hall–Kier alpha value is -2.40. The van der Waals surface area contributed by atoms with Crippen molar-refractivity contribution in [2.45, 2.75) is 39.0 Å². The number of nitrogens with zero attached hydrogens (tertiary/aromatic N) is 2. The van der Waals surface area contributed by atoms with E-state index in [-0.39, 0.29) is 16.7 Å². The molecule has 1 fully saturated rings. The summed E-state index contributed by atoms with van der Waals surface area (Å²) in [6.07, 6.45) is 1.72. The van der Waals surface area contributed by atoms with Gasteiger partial charge in [-0.15, -0.1) is 0 Å². The molecule has 160 valence electrons. The summed E-state index contributed by atoms with van der Waals surface area (Å²) < 4.78 is 5.74. The Kier molecular flexibility index (Phi) is 5.13. The van der Waals surface area contributed by atoms with Crippen LogP contribution in [0.3, 0.4) is 0 Å². The summed E-state index contributed by atoms with van der Waals surface area (Å²) in [4.78, 5) is 17.1. The SMILES string of the molecule is COc1ccc(Cl)c2c1N(c1ccccc1N)CC21CCN(C(=O)C(C)(C)C)CC1. The van der Waals surface area contributed by atoms with Crippen molar-refractivity contribution in [1.82, 2.24) is 4.90 Å². The Morgan fingerprint density at radius 3 is 2.40 bits per heavy atom. The molecule has 0 atom stereocenters. The van der Waals surface area contributed by atoms with Gasteiger partial charge in [0.15, 0.2) is 0 Å². The number of para-hydroxylation sites is 2. The molecule has 0 aromatic heterocycles. The van der Waals surface area contributed by atoms with Crippen LogP contribution in [0.15, 0.2) is 36.4 Å². The summed E-state index contributed by atoms with van der Waals surface area (Å²) >= 11 is 6.79. The van der Waals surface area contributed by atoms with Crippen LogP contribution in [0.5, 0.6) is 5.75 Å². The van der Waals surface area contributed by atoms with Crippen LogP contribution in [0.1, 0.15) is 39.2 Å². The third-order valence-electron chi connectivity index (χ3n) is 6.45. The number of nitrogen functional groups attached to an aromatic ring is 1. The van der Waals surface area contributed by atoms with Crippen LogP contribution in [-0.4, -0.2) is 37.6 Å². The first-order valence-electron chi connectivity index (χ1n) is 10.5. The highest BCUT2D eigenvalue weighted by molar-refractivity contribution is 6.32. The normalized spacial score (nSPS) is 17.9. The number of fused-ring (bicyclic) bond motifs is 2. The molecular formula is C24H30ClN3O2. The van der Waals surface area contributed by atoms with Crippen LogP contribution in [0.4, 0.5) is 17.1 Å². The van der Waals surface area contributed by atoms with Gasteiger partial charge in [-0.2, -0.15) is 0 Å². The molecule has 2 heterocycles. The maximum absolute atomic E-state index is 12.8. The average molecular weight is 428 g/mol. The number of hydrogen-bond donors (Lipinski definition) is 1. The van der Waals surface area contributed by atoms with Crippen LogP contribution >= 0.6 is 11.6 Å².